The van der Waals surface area contributed by atoms with E-state index in [-0.39, 0.29) is 18.4 Å². The lowest BCUT2D eigenvalue weighted by atomic mass is 9.89. The highest BCUT2D eigenvalue weighted by atomic mass is 16.5. The molecule has 0 spiro atoms. The van der Waals surface area contributed by atoms with Gasteiger partial charge in [0, 0.05) is 12.0 Å². The molecule has 0 unspecified atom stereocenters. The first-order chi connectivity index (χ1) is 13.0. The summed E-state index contributed by atoms with van der Waals surface area (Å²) < 4.78 is 15.2. The molecule has 27 heavy (non-hydrogen) atoms. The van der Waals surface area contributed by atoms with Crippen LogP contribution in [0, 0.1) is 5.92 Å². The molecule has 0 aliphatic heterocycles. The third kappa shape index (κ3) is 6.47. The van der Waals surface area contributed by atoms with Crippen LogP contribution in [0.15, 0.2) is 18.2 Å². The van der Waals surface area contributed by atoms with Crippen LogP contribution in [-0.2, 0) is 19.1 Å². The van der Waals surface area contributed by atoms with E-state index >= 15 is 0 Å². The van der Waals surface area contributed by atoms with Crippen molar-refractivity contribution < 1.29 is 28.6 Å². The maximum absolute atomic E-state index is 12.0. The van der Waals surface area contributed by atoms with Gasteiger partial charge in [0.15, 0.2) is 6.61 Å². The molecule has 1 fully saturated rings. The van der Waals surface area contributed by atoms with Crippen molar-refractivity contribution in [2.24, 2.45) is 5.92 Å². The Bertz CT molecular complexity index is 670. The molecule has 8 nitrogen and oxygen atoms in total. The minimum atomic E-state index is -0.660. The summed E-state index contributed by atoms with van der Waals surface area (Å²) in [6.07, 6.45) is 4.93. The highest BCUT2D eigenvalue weighted by Crippen LogP contribution is 2.28. The number of amides is 2. The largest absolute Gasteiger partial charge is 0.497 e. The zero-order valence-electron chi connectivity index (χ0n) is 15.7. The Kier molecular flexibility index (Phi) is 7.91. The van der Waals surface area contributed by atoms with E-state index in [1.807, 2.05) is 0 Å². The van der Waals surface area contributed by atoms with Gasteiger partial charge in [0.05, 0.1) is 19.9 Å². The minimum Gasteiger partial charge on any atom is -0.497 e. The molecule has 1 saturated carbocycles. The Labute approximate surface area is 158 Å². The van der Waals surface area contributed by atoms with Crippen molar-refractivity contribution in [1.29, 1.82) is 0 Å². The summed E-state index contributed by atoms with van der Waals surface area (Å²) in [7, 11) is 2.99. The summed E-state index contributed by atoms with van der Waals surface area (Å²) in [6, 6.07) is 4.95. The number of esters is 1. The molecule has 2 N–H and O–H groups in total. The molecule has 148 valence electrons. The van der Waals surface area contributed by atoms with Gasteiger partial charge in [-0.05, 0) is 25.0 Å². The maximum atomic E-state index is 12.0. The van der Waals surface area contributed by atoms with E-state index < -0.39 is 18.5 Å². The highest BCUT2D eigenvalue weighted by molar-refractivity contribution is 5.94. The Morgan fingerprint density at radius 1 is 1.07 bits per heavy atom. The van der Waals surface area contributed by atoms with Gasteiger partial charge in [-0.1, -0.05) is 19.3 Å². The van der Waals surface area contributed by atoms with Crippen LogP contribution in [0.5, 0.6) is 11.5 Å². The second kappa shape index (κ2) is 10.4. The molecule has 0 bridgehead atoms. The number of methoxy groups -OCH3 is 2. The fraction of sp³-hybridized carbons (Fsp3) is 0.526. The molecule has 1 aromatic rings. The number of ether oxygens (including phenoxy) is 3. The molecule has 0 radical (unpaired) electrons. The molecule has 2 rings (SSSR count). The first-order valence-electron chi connectivity index (χ1n) is 8.98. The van der Waals surface area contributed by atoms with Gasteiger partial charge in [0.2, 0.25) is 5.91 Å². The summed E-state index contributed by atoms with van der Waals surface area (Å²) >= 11 is 0. The van der Waals surface area contributed by atoms with Crippen LogP contribution in [0.25, 0.3) is 0 Å². The SMILES string of the molecule is COc1ccc(OC)c(NC(=O)COC(=O)CNC(=O)C2CCCCC2)c1. The van der Waals surface area contributed by atoms with Gasteiger partial charge in [-0.25, -0.2) is 0 Å². The van der Waals surface area contributed by atoms with Crippen LogP contribution in [0.3, 0.4) is 0 Å². The van der Waals surface area contributed by atoms with Crippen molar-refractivity contribution in [1.82, 2.24) is 5.32 Å². The smallest absolute Gasteiger partial charge is 0.325 e. The van der Waals surface area contributed by atoms with Gasteiger partial charge in [-0.2, -0.15) is 0 Å². The summed E-state index contributed by atoms with van der Waals surface area (Å²) in [5.74, 6) is -0.336. The first kappa shape index (κ1) is 20.5. The topological polar surface area (TPSA) is 103 Å². The van der Waals surface area contributed by atoms with Crippen molar-refractivity contribution in [3.8, 4) is 11.5 Å². The number of carbonyl (C=O) groups is 3. The van der Waals surface area contributed by atoms with Crippen LogP contribution in [0.1, 0.15) is 32.1 Å². The number of benzene rings is 1. The molecular formula is C19H26N2O6. The van der Waals surface area contributed by atoms with Gasteiger partial charge in [0.25, 0.3) is 5.91 Å². The number of carbonyl (C=O) groups excluding carboxylic acids is 3. The van der Waals surface area contributed by atoms with Crippen LogP contribution < -0.4 is 20.1 Å². The third-order valence-corrected chi connectivity index (χ3v) is 4.43. The van der Waals surface area contributed by atoms with Crippen LogP contribution in [-0.4, -0.2) is 45.2 Å². The summed E-state index contributed by atoms with van der Waals surface area (Å²) in [5, 5.41) is 5.18. The average Bonchev–Trinajstić information content (AvgIpc) is 2.71. The fourth-order valence-corrected chi connectivity index (χ4v) is 2.96. The second-order valence-corrected chi connectivity index (χ2v) is 6.33. The monoisotopic (exact) mass is 378 g/mol. The van der Waals surface area contributed by atoms with Crippen molar-refractivity contribution in [2.45, 2.75) is 32.1 Å². The van der Waals surface area contributed by atoms with E-state index in [2.05, 4.69) is 10.6 Å². The van der Waals surface area contributed by atoms with Gasteiger partial charge in [-0.15, -0.1) is 0 Å². The Morgan fingerprint density at radius 3 is 2.48 bits per heavy atom. The third-order valence-electron chi connectivity index (χ3n) is 4.43. The summed E-state index contributed by atoms with van der Waals surface area (Å²) in [5.41, 5.74) is 0.406. The van der Waals surface area contributed by atoms with Crippen LogP contribution >= 0.6 is 0 Å². The van der Waals surface area contributed by atoms with Crippen molar-refractivity contribution in [3.63, 3.8) is 0 Å². The molecule has 2 amide bonds. The van der Waals surface area contributed by atoms with Gasteiger partial charge in [-0.3, -0.25) is 14.4 Å². The predicted octanol–water partition coefficient (Wildman–Crippen LogP) is 1.88. The Balaban J connectivity index is 1.74. The summed E-state index contributed by atoms with van der Waals surface area (Å²) in [6.45, 7) is -0.705. The molecule has 0 saturated heterocycles. The number of nitrogens with one attached hydrogen (secondary N) is 2. The lowest BCUT2D eigenvalue weighted by Crippen LogP contribution is -2.36. The Hall–Kier alpha value is -2.77. The van der Waals surface area contributed by atoms with Crippen LogP contribution in [0.2, 0.25) is 0 Å². The Morgan fingerprint density at radius 2 is 1.81 bits per heavy atom. The zero-order chi connectivity index (χ0) is 19.6. The average molecular weight is 378 g/mol. The molecule has 8 heteroatoms. The van der Waals surface area contributed by atoms with Gasteiger partial charge >= 0.3 is 5.97 Å². The van der Waals surface area contributed by atoms with Gasteiger partial charge < -0.3 is 24.8 Å². The zero-order valence-corrected chi connectivity index (χ0v) is 15.7. The molecule has 0 heterocycles. The van der Waals surface area contributed by atoms with Crippen molar-refractivity contribution >= 4 is 23.5 Å². The second-order valence-electron chi connectivity index (χ2n) is 6.33. The number of hydrogen-bond acceptors (Lipinski definition) is 6. The number of hydrogen-bond donors (Lipinski definition) is 2. The normalized spacial score (nSPS) is 14.1. The molecule has 1 aromatic carbocycles. The molecular weight excluding hydrogens is 352 g/mol. The van der Waals surface area contributed by atoms with Crippen LogP contribution in [0.4, 0.5) is 5.69 Å². The van der Waals surface area contributed by atoms with Crippen molar-refractivity contribution in [3.05, 3.63) is 18.2 Å². The van der Waals surface area contributed by atoms with Crippen molar-refractivity contribution in [2.75, 3.05) is 32.7 Å². The molecule has 0 atom stereocenters. The predicted molar refractivity (Wildman–Crippen MR) is 98.7 cm³/mol. The number of rotatable bonds is 8. The summed E-state index contributed by atoms with van der Waals surface area (Å²) in [4.78, 5) is 35.7. The van der Waals surface area contributed by atoms with E-state index in [0.29, 0.717) is 17.2 Å². The fourth-order valence-electron chi connectivity index (χ4n) is 2.96. The van der Waals surface area contributed by atoms with E-state index in [9.17, 15) is 14.4 Å². The maximum Gasteiger partial charge on any atom is 0.325 e. The molecule has 0 aromatic heterocycles. The van der Waals surface area contributed by atoms with Gasteiger partial charge in [0.1, 0.15) is 18.0 Å². The lowest BCUT2D eigenvalue weighted by Gasteiger charge is -2.20. The van der Waals surface area contributed by atoms with E-state index in [0.717, 1.165) is 32.1 Å². The standard InChI is InChI=1S/C19H26N2O6/c1-25-14-8-9-16(26-2)15(10-14)21-17(22)12-27-18(23)11-20-19(24)13-6-4-3-5-7-13/h8-10,13H,3-7,11-12H2,1-2H3,(H,20,24)(H,21,22). The molecule has 1 aliphatic carbocycles. The minimum absolute atomic E-state index is 0.0321. The lowest BCUT2D eigenvalue weighted by molar-refractivity contribution is -0.147. The first-order valence-corrected chi connectivity index (χ1v) is 8.98. The highest BCUT2D eigenvalue weighted by Gasteiger charge is 2.21. The van der Waals surface area contributed by atoms with E-state index in [4.69, 9.17) is 14.2 Å². The van der Waals surface area contributed by atoms with E-state index in [1.54, 1.807) is 18.2 Å². The quantitative estimate of drug-likeness (QED) is 0.670. The molecule has 1 aliphatic rings. The number of anilines is 1. The van der Waals surface area contributed by atoms with E-state index in [1.165, 1.54) is 14.2 Å².